The van der Waals surface area contributed by atoms with E-state index in [1.807, 2.05) is 37.4 Å². The number of hydrogen-bond donors (Lipinski definition) is 1. The van der Waals surface area contributed by atoms with Crippen LogP contribution in [0.25, 0.3) is 0 Å². The van der Waals surface area contributed by atoms with Crippen molar-refractivity contribution in [2.75, 3.05) is 7.05 Å². The van der Waals surface area contributed by atoms with Crippen LogP contribution in [-0.2, 0) is 5.75 Å². The van der Waals surface area contributed by atoms with Gasteiger partial charge >= 0.3 is 0 Å². The topological polar surface area (TPSA) is 70.8 Å². The lowest BCUT2D eigenvalue weighted by Gasteiger charge is -2.06. The van der Waals surface area contributed by atoms with E-state index in [1.54, 1.807) is 18.9 Å². The van der Waals surface area contributed by atoms with E-state index in [1.165, 1.54) is 11.6 Å². The van der Waals surface area contributed by atoms with Crippen molar-refractivity contribution in [3.8, 4) is 17.7 Å². The number of nitrogens with zero attached hydrogens (tertiary/aromatic N) is 3. The second kappa shape index (κ2) is 6.89. The Bertz CT molecular complexity index is 622. The SMILES string of the molecule is CNSCc1ccc(Oc2cc(C#N)nc(C)n2)cc1. The highest BCUT2D eigenvalue weighted by Crippen LogP contribution is 2.21. The molecule has 5 nitrogen and oxygen atoms in total. The van der Waals surface area contributed by atoms with Crippen molar-refractivity contribution in [1.82, 2.24) is 14.7 Å². The Morgan fingerprint density at radius 2 is 2.05 bits per heavy atom. The standard InChI is InChI=1S/C14H14N4OS/c1-10-17-12(8-15)7-14(18-10)19-13-5-3-11(4-6-13)9-20-16-2/h3-7,16H,9H2,1-2H3. The first-order chi connectivity index (χ1) is 9.71. The van der Waals surface area contributed by atoms with Crippen molar-refractivity contribution in [3.05, 3.63) is 47.4 Å². The van der Waals surface area contributed by atoms with E-state index < -0.39 is 0 Å². The maximum absolute atomic E-state index is 8.87. The van der Waals surface area contributed by atoms with E-state index >= 15 is 0 Å². The summed E-state index contributed by atoms with van der Waals surface area (Å²) in [5, 5.41) is 8.87. The fourth-order valence-electron chi connectivity index (χ4n) is 1.58. The Labute approximate surface area is 122 Å². The third-order valence-corrected chi connectivity index (χ3v) is 3.22. The summed E-state index contributed by atoms with van der Waals surface area (Å²) in [5.41, 5.74) is 1.50. The zero-order chi connectivity index (χ0) is 14.4. The van der Waals surface area contributed by atoms with Crippen LogP contribution in [-0.4, -0.2) is 17.0 Å². The number of benzene rings is 1. The maximum atomic E-state index is 8.87. The molecule has 1 N–H and O–H groups in total. The first-order valence-corrected chi connectivity index (χ1v) is 7.01. The molecule has 0 aliphatic carbocycles. The molecule has 0 saturated heterocycles. The van der Waals surface area contributed by atoms with Gasteiger partial charge in [0, 0.05) is 11.8 Å². The molecule has 6 heteroatoms. The Hall–Kier alpha value is -2.10. The van der Waals surface area contributed by atoms with Crippen LogP contribution in [0.1, 0.15) is 17.1 Å². The molecular weight excluding hydrogens is 272 g/mol. The number of nitrogens with one attached hydrogen (secondary N) is 1. The predicted molar refractivity (Wildman–Crippen MR) is 78.4 cm³/mol. The zero-order valence-electron chi connectivity index (χ0n) is 11.3. The molecule has 0 bridgehead atoms. The second-order valence-corrected chi connectivity index (χ2v) is 4.97. The zero-order valence-corrected chi connectivity index (χ0v) is 12.1. The van der Waals surface area contributed by atoms with E-state index in [2.05, 4.69) is 14.7 Å². The normalized spacial score (nSPS) is 10.1. The van der Waals surface area contributed by atoms with Gasteiger partial charge in [0.15, 0.2) is 0 Å². The van der Waals surface area contributed by atoms with E-state index in [0.29, 0.717) is 23.1 Å². The molecule has 2 rings (SSSR count). The third kappa shape index (κ3) is 3.95. The molecular formula is C14H14N4OS. The lowest BCUT2D eigenvalue weighted by atomic mass is 10.2. The number of ether oxygens (including phenoxy) is 1. The van der Waals surface area contributed by atoms with Gasteiger partial charge in [0.1, 0.15) is 23.3 Å². The first kappa shape index (κ1) is 14.3. The monoisotopic (exact) mass is 286 g/mol. The number of nitriles is 1. The van der Waals surface area contributed by atoms with Crippen LogP contribution in [0.15, 0.2) is 30.3 Å². The van der Waals surface area contributed by atoms with Crippen LogP contribution in [0, 0.1) is 18.3 Å². The van der Waals surface area contributed by atoms with Crippen molar-refractivity contribution < 1.29 is 4.74 Å². The summed E-state index contributed by atoms with van der Waals surface area (Å²) in [6.07, 6.45) is 0. The van der Waals surface area contributed by atoms with Gasteiger partial charge in [-0.15, -0.1) is 0 Å². The van der Waals surface area contributed by atoms with Crippen LogP contribution in [0.5, 0.6) is 11.6 Å². The lowest BCUT2D eigenvalue weighted by Crippen LogP contribution is -1.96. The quantitative estimate of drug-likeness (QED) is 0.852. The molecule has 1 aromatic heterocycles. The summed E-state index contributed by atoms with van der Waals surface area (Å²) in [5.74, 6) is 2.47. The Kier molecular flexibility index (Phi) is 4.93. The van der Waals surface area contributed by atoms with Gasteiger partial charge in [-0.05, 0) is 31.7 Å². The van der Waals surface area contributed by atoms with Crippen LogP contribution in [0.3, 0.4) is 0 Å². The highest BCUT2D eigenvalue weighted by Gasteiger charge is 2.04. The number of aromatic nitrogens is 2. The molecule has 0 unspecified atom stereocenters. The molecule has 0 spiro atoms. The molecule has 0 aliphatic rings. The average molecular weight is 286 g/mol. The van der Waals surface area contributed by atoms with Crippen LogP contribution >= 0.6 is 11.9 Å². The smallest absolute Gasteiger partial charge is 0.223 e. The van der Waals surface area contributed by atoms with Crippen LogP contribution in [0.4, 0.5) is 0 Å². The minimum absolute atomic E-state index is 0.301. The minimum atomic E-state index is 0.301. The Morgan fingerprint density at radius 1 is 1.30 bits per heavy atom. The van der Waals surface area contributed by atoms with E-state index in [0.717, 1.165) is 5.75 Å². The second-order valence-electron chi connectivity index (χ2n) is 3.99. The van der Waals surface area contributed by atoms with Gasteiger partial charge in [-0.2, -0.15) is 10.2 Å². The van der Waals surface area contributed by atoms with Gasteiger partial charge in [-0.3, -0.25) is 4.72 Å². The first-order valence-electron chi connectivity index (χ1n) is 6.02. The van der Waals surface area contributed by atoms with Crippen molar-refractivity contribution in [3.63, 3.8) is 0 Å². The molecule has 1 aromatic carbocycles. The van der Waals surface area contributed by atoms with Gasteiger partial charge in [-0.25, -0.2) is 4.98 Å². The summed E-state index contributed by atoms with van der Waals surface area (Å²) in [4.78, 5) is 8.13. The fraction of sp³-hybridized carbons (Fsp3) is 0.214. The Morgan fingerprint density at radius 3 is 2.70 bits per heavy atom. The number of hydrogen-bond acceptors (Lipinski definition) is 6. The van der Waals surface area contributed by atoms with Crippen molar-refractivity contribution in [1.29, 1.82) is 5.26 Å². The highest BCUT2D eigenvalue weighted by molar-refractivity contribution is 7.96. The maximum Gasteiger partial charge on any atom is 0.223 e. The third-order valence-electron chi connectivity index (χ3n) is 2.46. The molecule has 102 valence electrons. The predicted octanol–water partition coefficient (Wildman–Crippen LogP) is 2.82. The van der Waals surface area contributed by atoms with Gasteiger partial charge in [-0.1, -0.05) is 24.1 Å². The van der Waals surface area contributed by atoms with Crippen molar-refractivity contribution >= 4 is 11.9 Å². The van der Waals surface area contributed by atoms with Gasteiger partial charge in [0.05, 0.1) is 0 Å². The van der Waals surface area contributed by atoms with Crippen molar-refractivity contribution in [2.24, 2.45) is 0 Å². The van der Waals surface area contributed by atoms with Crippen LogP contribution < -0.4 is 9.46 Å². The van der Waals surface area contributed by atoms with E-state index in [9.17, 15) is 0 Å². The molecule has 20 heavy (non-hydrogen) atoms. The fourth-order valence-corrected chi connectivity index (χ4v) is 2.08. The summed E-state index contributed by atoms with van der Waals surface area (Å²) >= 11 is 1.63. The molecule has 1 heterocycles. The summed E-state index contributed by atoms with van der Waals surface area (Å²) in [7, 11) is 1.90. The lowest BCUT2D eigenvalue weighted by molar-refractivity contribution is 0.459. The molecule has 0 atom stereocenters. The molecule has 0 radical (unpaired) electrons. The summed E-state index contributed by atoms with van der Waals surface area (Å²) in [6, 6.07) is 11.3. The largest absolute Gasteiger partial charge is 0.439 e. The molecule has 2 aromatic rings. The highest BCUT2D eigenvalue weighted by atomic mass is 32.2. The van der Waals surface area contributed by atoms with E-state index in [-0.39, 0.29) is 0 Å². The average Bonchev–Trinajstić information content (AvgIpc) is 2.46. The van der Waals surface area contributed by atoms with E-state index in [4.69, 9.17) is 10.00 Å². The minimum Gasteiger partial charge on any atom is -0.439 e. The molecule has 0 aliphatic heterocycles. The van der Waals surface area contributed by atoms with Crippen LogP contribution in [0.2, 0.25) is 0 Å². The van der Waals surface area contributed by atoms with Gasteiger partial charge in [0.25, 0.3) is 0 Å². The number of rotatable bonds is 5. The molecule has 0 amide bonds. The Balaban J connectivity index is 2.10. The summed E-state index contributed by atoms with van der Waals surface area (Å²) in [6.45, 7) is 1.73. The number of aryl methyl sites for hydroxylation is 1. The van der Waals surface area contributed by atoms with Gasteiger partial charge < -0.3 is 4.74 Å². The van der Waals surface area contributed by atoms with Crippen molar-refractivity contribution in [2.45, 2.75) is 12.7 Å². The summed E-state index contributed by atoms with van der Waals surface area (Å²) < 4.78 is 8.66. The molecule has 0 fully saturated rings. The molecule has 0 saturated carbocycles. The van der Waals surface area contributed by atoms with Gasteiger partial charge in [0.2, 0.25) is 5.88 Å².